The highest BCUT2D eigenvalue weighted by Gasteiger charge is 2.23. The maximum Gasteiger partial charge on any atom is 0.353 e. The molecule has 0 aliphatic rings. The van der Waals surface area contributed by atoms with E-state index >= 15 is 0 Å². The largest absolute Gasteiger partial charge is 0.360 e. The number of pyridine rings is 1. The molecule has 8 nitrogen and oxygen atoms in total. The highest BCUT2D eigenvalue weighted by Crippen LogP contribution is 2.31. The molecule has 2 aromatic heterocycles. The third-order valence-electron chi connectivity index (χ3n) is 3.32. The fourth-order valence-electron chi connectivity index (χ4n) is 2.13. The van der Waals surface area contributed by atoms with E-state index in [1.807, 2.05) is 12.1 Å². The lowest BCUT2D eigenvalue weighted by atomic mass is 10.2. The van der Waals surface area contributed by atoms with Crippen LogP contribution in [0.4, 0.5) is 23.0 Å². The van der Waals surface area contributed by atoms with E-state index in [2.05, 4.69) is 25.6 Å². The number of hydrogen-bond donors (Lipinski definition) is 2. The molecule has 0 aliphatic heterocycles. The summed E-state index contributed by atoms with van der Waals surface area (Å²) in [5, 5.41) is 18.0. The molecule has 0 saturated heterocycles. The van der Waals surface area contributed by atoms with Crippen molar-refractivity contribution in [2.24, 2.45) is 0 Å². The topological polar surface area (TPSA) is 106 Å². The Balaban J connectivity index is 1.84. The molecule has 25 heavy (non-hydrogen) atoms. The minimum Gasteiger partial charge on any atom is -0.360 e. The average Bonchev–Trinajstić information content (AvgIpc) is 2.62. The van der Waals surface area contributed by atoms with Crippen molar-refractivity contribution in [2.45, 2.75) is 6.54 Å². The zero-order valence-corrected chi connectivity index (χ0v) is 13.6. The Morgan fingerprint density at radius 2 is 1.72 bits per heavy atom. The van der Waals surface area contributed by atoms with Crippen LogP contribution in [0.15, 0.2) is 55.1 Å². The Hall–Kier alpha value is -3.26. The molecular weight excluding hydrogens is 344 g/mol. The van der Waals surface area contributed by atoms with Gasteiger partial charge >= 0.3 is 5.69 Å². The van der Waals surface area contributed by atoms with E-state index in [9.17, 15) is 10.1 Å². The summed E-state index contributed by atoms with van der Waals surface area (Å²) in [5.74, 6) is 0.233. The lowest BCUT2D eigenvalue weighted by molar-refractivity contribution is -0.383. The second-order valence-corrected chi connectivity index (χ2v) is 5.45. The van der Waals surface area contributed by atoms with Crippen molar-refractivity contribution >= 4 is 34.6 Å². The maximum absolute atomic E-state index is 11.5. The molecule has 2 heterocycles. The van der Waals surface area contributed by atoms with Crippen LogP contribution >= 0.6 is 11.6 Å². The normalized spacial score (nSPS) is 10.3. The molecule has 0 amide bonds. The summed E-state index contributed by atoms with van der Waals surface area (Å²) in [6.45, 7) is 0.365. The van der Waals surface area contributed by atoms with E-state index in [0.717, 1.165) is 5.56 Å². The Labute approximate surface area is 148 Å². The SMILES string of the molecule is O=[N+]([O-])c1c(NCc2ccc(Cl)cc2)ncnc1Nc1ccncc1. The van der Waals surface area contributed by atoms with Gasteiger partial charge in [-0.25, -0.2) is 9.97 Å². The summed E-state index contributed by atoms with van der Waals surface area (Å²) in [4.78, 5) is 22.9. The van der Waals surface area contributed by atoms with Gasteiger partial charge in [-0.2, -0.15) is 0 Å². The zero-order chi connectivity index (χ0) is 17.6. The van der Waals surface area contributed by atoms with E-state index in [1.54, 1.807) is 36.7 Å². The average molecular weight is 357 g/mol. The van der Waals surface area contributed by atoms with Crippen molar-refractivity contribution in [1.29, 1.82) is 0 Å². The maximum atomic E-state index is 11.5. The minimum absolute atomic E-state index is 0.102. The number of anilines is 3. The number of rotatable bonds is 6. The number of nitro groups is 1. The Kier molecular flexibility index (Phi) is 5.00. The summed E-state index contributed by atoms with van der Waals surface area (Å²) < 4.78 is 0. The zero-order valence-electron chi connectivity index (χ0n) is 12.9. The van der Waals surface area contributed by atoms with Crippen LogP contribution in [0.5, 0.6) is 0 Å². The Bertz CT molecular complexity index is 874. The van der Waals surface area contributed by atoms with Gasteiger partial charge in [0.2, 0.25) is 11.6 Å². The van der Waals surface area contributed by atoms with Gasteiger partial charge < -0.3 is 10.6 Å². The van der Waals surface area contributed by atoms with Crippen molar-refractivity contribution in [1.82, 2.24) is 15.0 Å². The van der Waals surface area contributed by atoms with E-state index in [-0.39, 0.29) is 17.3 Å². The molecule has 0 bridgehead atoms. The molecule has 0 saturated carbocycles. The number of halogens is 1. The van der Waals surface area contributed by atoms with Gasteiger partial charge in [0.1, 0.15) is 6.33 Å². The van der Waals surface area contributed by atoms with Crippen LogP contribution in [0.25, 0.3) is 0 Å². The molecule has 2 N–H and O–H groups in total. The molecule has 0 aliphatic carbocycles. The first-order valence-corrected chi connectivity index (χ1v) is 7.66. The van der Waals surface area contributed by atoms with Gasteiger partial charge in [0, 0.05) is 29.6 Å². The third-order valence-corrected chi connectivity index (χ3v) is 3.57. The third kappa shape index (κ3) is 4.18. The molecule has 0 unspecified atom stereocenters. The number of benzene rings is 1. The van der Waals surface area contributed by atoms with Gasteiger partial charge in [0.25, 0.3) is 0 Å². The molecule has 126 valence electrons. The van der Waals surface area contributed by atoms with E-state index in [0.29, 0.717) is 17.3 Å². The molecule has 3 aromatic rings. The number of hydrogen-bond acceptors (Lipinski definition) is 7. The fourth-order valence-corrected chi connectivity index (χ4v) is 2.26. The van der Waals surface area contributed by atoms with Crippen LogP contribution < -0.4 is 10.6 Å². The van der Waals surface area contributed by atoms with Crippen LogP contribution in [-0.2, 0) is 6.54 Å². The molecule has 3 rings (SSSR count). The van der Waals surface area contributed by atoms with Gasteiger partial charge in [-0.15, -0.1) is 0 Å². The minimum atomic E-state index is -0.520. The molecule has 9 heteroatoms. The lowest BCUT2D eigenvalue weighted by Crippen LogP contribution is -2.08. The van der Waals surface area contributed by atoms with Crippen molar-refractivity contribution in [2.75, 3.05) is 10.6 Å². The second kappa shape index (κ2) is 7.54. The van der Waals surface area contributed by atoms with Crippen LogP contribution in [0, 0.1) is 10.1 Å². The van der Waals surface area contributed by atoms with Gasteiger partial charge in [-0.1, -0.05) is 23.7 Å². The van der Waals surface area contributed by atoms with Crippen LogP contribution in [0.2, 0.25) is 5.02 Å². The molecule has 1 aromatic carbocycles. The summed E-state index contributed by atoms with van der Waals surface area (Å²) in [6, 6.07) is 10.5. The molecule has 0 spiro atoms. The Morgan fingerprint density at radius 3 is 2.40 bits per heavy atom. The second-order valence-electron chi connectivity index (χ2n) is 5.02. The van der Waals surface area contributed by atoms with Gasteiger partial charge in [-0.05, 0) is 29.8 Å². The molecule has 0 fully saturated rings. The van der Waals surface area contributed by atoms with E-state index in [4.69, 9.17) is 11.6 Å². The smallest absolute Gasteiger partial charge is 0.353 e. The predicted molar refractivity (Wildman–Crippen MR) is 95.0 cm³/mol. The summed E-state index contributed by atoms with van der Waals surface area (Å²) in [6.07, 6.45) is 4.42. The van der Waals surface area contributed by atoms with Crippen LogP contribution in [0.3, 0.4) is 0 Å². The highest BCUT2D eigenvalue weighted by atomic mass is 35.5. The van der Waals surface area contributed by atoms with Crippen molar-refractivity contribution < 1.29 is 4.92 Å². The monoisotopic (exact) mass is 356 g/mol. The fraction of sp³-hybridized carbons (Fsp3) is 0.0625. The number of nitrogens with one attached hydrogen (secondary N) is 2. The van der Waals surface area contributed by atoms with Crippen molar-refractivity contribution in [3.05, 3.63) is 75.8 Å². The first kappa shape index (κ1) is 16.6. The quantitative estimate of drug-likeness (QED) is 0.511. The first-order chi connectivity index (χ1) is 12.1. The van der Waals surface area contributed by atoms with E-state index in [1.165, 1.54) is 6.33 Å². The highest BCUT2D eigenvalue weighted by molar-refractivity contribution is 6.30. The van der Waals surface area contributed by atoms with Crippen molar-refractivity contribution in [3.63, 3.8) is 0 Å². The van der Waals surface area contributed by atoms with E-state index < -0.39 is 4.92 Å². The van der Waals surface area contributed by atoms with Gasteiger partial charge in [0.05, 0.1) is 4.92 Å². The standard InChI is InChI=1S/C16H13ClN6O2/c17-12-3-1-11(2-4-12)9-19-15-14(23(24)25)16(21-10-20-15)22-13-5-7-18-8-6-13/h1-8,10H,9H2,(H2,18,19,20,21,22). The predicted octanol–water partition coefficient (Wildman–Crippen LogP) is 3.79. The number of aromatic nitrogens is 3. The summed E-state index contributed by atoms with van der Waals surface area (Å²) in [5.41, 5.74) is 1.33. The Morgan fingerprint density at radius 1 is 1.04 bits per heavy atom. The first-order valence-electron chi connectivity index (χ1n) is 7.28. The van der Waals surface area contributed by atoms with Gasteiger partial charge in [-0.3, -0.25) is 15.1 Å². The van der Waals surface area contributed by atoms with Crippen LogP contribution in [-0.4, -0.2) is 19.9 Å². The van der Waals surface area contributed by atoms with Crippen molar-refractivity contribution in [3.8, 4) is 0 Å². The lowest BCUT2D eigenvalue weighted by Gasteiger charge is -2.10. The molecular formula is C16H13ClN6O2. The number of nitrogens with zero attached hydrogens (tertiary/aromatic N) is 4. The molecule has 0 atom stereocenters. The summed E-state index contributed by atoms with van der Waals surface area (Å²) >= 11 is 5.85. The molecule has 0 radical (unpaired) electrons. The van der Waals surface area contributed by atoms with Crippen LogP contribution in [0.1, 0.15) is 5.56 Å². The van der Waals surface area contributed by atoms with Gasteiger partial charge in [0.15, 0.2) is 0 Å². The summed E-state index contributed by atoms with van der Waals surface area (Å²) in [7, 11) is 0.